The number of aryl methyl sites for hydroxylation is 1. The third-order valence-electron chi connectivity index (χ3n) is 0.882. The van der Waals surface area contributed by atoms with E-state index in [0.717, 1.165) is 0 Å². The highest BCUT2D eigenvalue weighted by molar-refractivity contribution is 9.09. The summed E-state index contributed by atoms with van der Waals surface area (Å²) in [6.45, 7) is 3.71. The van der Waals surface area contributed by atoms with Crippen molar-refractivity contribution in [3.05, 3.63) is 11.8 Å². The highest BCUT2D eigenvalue weighted by atomic mass is 79.9. The molecule has 1 aromatic heterocycles. The van der Waals surface area contributed by atoms with Crippen LogP contribution in [0.5, 0.6) is 0 Å². The molecular weight excluding hydrogens is 184 g/mol. The third-order valence-corrected chi connectivity index (χ3v) is 1.27. The zero-order valence-electron chi connectivity index (χ0n) is 5.26. The van der Waals surface area contributed by atoms with Crippen molar-refractivity contribution in [1.29, 1.82) is 0 Å². The van der Waals surface area contributed by atoms with Crippen LogP contribution >= 0.6 is 15.9 Å². The van der Waals surface area contributed by atoms with Crippen LogP contribution in [-0.4, -0.2) is 10.2 Å². The summed E-state index contributed by atoms with van der Waals surface area (Å²) in [6.07, 6.45) is 0. The Morgan fingerprint density at radius 2 is 2.22 bits per heavy atom. The van der Waals surface area contributed by atoms with Gasteiger partial charge in [0.05, 0.1) is 4.83 Å². The van der Waals surface area contributed by atoms with Gasteiger partial charge in [-0.3, -0.25) is 0 Å². The number of rotatable bonds is 1. The van der Waals surface area contributed by atoms with Crippen LogP contribution in [0.15, 0.2) is 4.42 Å². The smallest absolute Gasteiger partial charge is 0.229 e. The van der Waals surface area contributed by atoms with Crippen LogP contribution in [0.4, 0.5) is 0 Å². The Morgan fingerprint density at radius 1 is 1.56 bits per heavy atom. The standard InChI is InChI=1S/C5H7BrN2O/c1-3(6)5-8-7-4(2)9-5/h3H,1-2H3. The van der Waals surface area contributed by atoms with Gasteiger partial charge < -0.3 is 4.42 Å². The van der Waals surface area contributed by atoms with E-state index in [1.807, 2.05) is 6.92 Å². The molecule has 50 valence electrons. The fourth-order valence-electron chi connectivity index (χ4n) is 0.473. The molecule has 1 atom stereocenters. The minimum atomic E-state index is 0.152. The summed E-state index contributed by atoms with van der Waals surface area (Å²) in [6, 6.07) is 0. The van der Waals surface area contributed by atoms with Crippen LogP contribution in [0.1, 0.15) is 23.5 Å². The van der Waals surface area contributed by atoms with Crippen molar-refractivity contribution in [3.8, 4) is 0 Å². The Labute approximate surface area is 61.6 Å². The van der Waals surface area contributed by atoms with Crippen molar-refractivity contribution in [1.82, 2.24) is 10.2 Å². The molecule has 0 saturated carbocycles. The van der Waals surface area contributed by atoms with E-state index in [2.05, 4.69) is 26.1 Å². The molecule has 1 aromatic rings. The normalized spacial score (nSPS) is 13.7. The lowest BCUT2D eigenvalue weighted by molar-refractivity contribution is 0.472. The van der Waals surface area contributed by atoms with Gasteiger partial charge >= 0.3 is 0 Å². The lowest BCUT2D eigenvalue weighted by Crippen LogP contribution is -1.81. The van der Waals surface area contributed by atoms with Crippen LogP contribution in [0.3, 0.4) is 0 Å². The van der Waals surface area contributed by atoms with Gasteiger partial charge in [-0.1, -0.05) is 15.9 Å². The van der Waals surface area contributed by atoms with E-state index in [4.69, 9.17) is 4.42 Å². The average molecular weight is 191 g/mol. The molecular formula is C5H7BrN2O. The molecule has 0 spiro atoms. The van der Waals surface area contributed by atoms with Crippen LogP contribution in [-0.2, 0) is 0 Å². The highest BCUT2D eigenvalue weighted by Crippen LogP contribution is 2.18. The monoisotopic (exact) mass is 190 g/mol. The van der Waals surface area contributed by atoms with Gasteiger partial charge in [0.2, 0.25) is 11.8 Å². The molecule has 0 bridgehead atoms. The van der Waals surface area contributed by atoms with Crippen LogP contribution in [0, 0.1) is 6.92 Å². The first-order chi connectivity index (χ1) is 4.20. The molecule has 3 nitrogen and oxygen atoms in total. The van der Waals surface area contributed by atoms with Gasteiger partial charge in [0.25, 0.3) is 0 Å². The predicted molar refractivity (Wildman–Crippen MR) is 36.4 cm³/mol. The van der Waals surface area contributed by atoms with E-state index in [9.17, 15) is 0 Å². The van der Waals surface area contributed by atoms with Gasteiger partial charge in [-0.05, 0) is 6.92 Å². The molecule has 0 aliphatic carbocycles. The molecule has 0 aromatic carbocycles. The number of hydrogen-bond donors (Lipinski definition) is 0. The molecule has 9 heavy (non-hydrogen) atoms. The van der Waals surface area contributed by atoms with E-state index in [1.54, 1.807) is 6.92 Å². The zero-order chi connectivity index (χ0) is 6.85. The largest absolute Gasteiger partial charge is 0.424 e. The van der Waals surface area contributed by atoms with Crippen molar-refractivity contribution in [3.63, 3.8) is 0 Å². The van der Waals surface area contributed by atoms with Crippen molar-refractivity contribution in [2.45, 2.75) is 18.7 Å². The molecule has 0 aliphatic rings. The Morgan fingerprint density at radius 3 is 2.44 bits per heavy atom. The summed E-state index contributed by atoms with van der Waals surface area (Å²) in [5.74, 6) is 1.24. The van der Waals surface area contributed by atoms with Gasteiger partial charge in [0, 0.05) is 6.92 Å². The molecule has 0 radical (unpaired) electrons. The summed E-state index contributed by atoms with van der Waals surface area (Å²) < 4.78 is 5.08. The maximum absolute atomic E-state index is 5.08. The molecule has 0 fully saturated rings. The fraction of sp³-hybridized carbons (Fsp3) is 0.600. The molecule has 1 heterocycles. The number of nitrogens with zero attached hydrogens (tertiary/aromatic N) is 2. The van der Waals surface area contributed by atoms with Crippen LogP contribution in [0.2, 0.25) is 0 Å². The summed E-state index contributed by atoms with van der Waals surface area (Å²) >= 11 is 3.30. The molecule has 4 heteroatoms. The number of halogens is 1. The first kappa shape index (κ1) is 6.74. The van der Waals surface area contributed by atoms with Crippen LogP contribution < -0.4 is 0 Å². The summed E-state index contributed by atoms with van der Waals surface area (Å²) in [5.41, 5.74) is 0. The molecule has 1 unspecified atom stereocenters. The predicted octanol–water partition coefficient (Wildman–Crippen LogP) is 1.83. The number of alkyl halides is 1. The van der Waals surface area contributed by atoms with Gasteiger partial charge in [-0.15, -0.1) is 10.2 Å². The molecule has 0 aliphatic heterocycles. The topological polar surface area (TPSA) is 38.9 Å². The van der Waals surface area contributed by atoms with E-state index in [1.165, 1.54) is 0 Å². The number of hydrogen-bond acceptors (Lipinski definition) is 3. The van der Waals surface area contributed by atoms with E-state index in [0.29, 0.717) is 11.8 Å². The quantitative estimate of drug-likeness (QED) is 0.635. The Balaban J connectivity index is 2.85. The Kier molecular flexibility index (Phi) is 1.85. The molecule has 1 rings (SSSR count). The second-order valence-electron chi connectivity index (χ2n) is 1.78. The Hall–Kier alpha value is -0.380. The maximum Gasteiger partial charge on any atom is 0.229 e. The summed E-state index contributed by atoms with van der Waals surface area (Å²) in [4.78, 5) is 0.152. The third kappa shape index (κ3) is 1.51. The van der Waals surface area contributed by atoms with E-state index in [-0.39, 0.29) is 4.83 Å². The first-order valence-corrected chi connectivity index (χ1v) is 3.56. The minimum Gasteiger partial charge on any atom is -0.424 e. The van der Waals surface area contributed by atoms with E-state index >= 15 is 0 Å². The zero-order valence-corrected chi connectivity index (χ0v) is 6.84. The van der Waals surface area contributed by atoms with Crippen molar-refractivity contribution in [2.24, 2.45) is 0 Å². The first-order valence-electron chi connectivity index (χ1n) is 2.64. The van der Waals surface area contributed by atoms with E-state index < -0.39 is 0 Å². The van der Waals surface area contributed by atoms with Crippen LogP contribution in [0.25, 0.3) is 0 Å². The molecule has 0 N–H and O–H groups in total. The van der Waals surface area contributed by atoms with Gasteiger partial charge in [-0.2, -0.15) is 0 Å². The van der Waals surface area contributed by atoms with Crippen molar-refractivity contribution >= 4 is 15.9 Å². The lowest BCUT2D eigenvalue weighted by atomic mass is 10.5. The van der Waals surface area contributed by atoms with Crippen molar-refractivity contribution < 1.29 is 4.42 Å². The SMILES string of the molecule is Cc1nnc(C(C)Br)o1. The second-order valence-corrected chi connectivity index (χ2v) is 3.15. The fourth-order valence-corrected chi connectivity index (χ4v) is 0.658. The number of aromatic nitrogens is 2. The van der Waals surface area contributed by atoms with Gasteiger partial charge in [-0.25, -0.2) is 0 Å². The Bertz CT molecular complexity index is 197. The van der Waals surface area contributed by atoms with Gasteiger partial charge in [0.15, 0.2) is 0 Å². The maximum atomic E-state index is 5.08. The highest BCUT2D eigenvalue weighted by Gasteiger charge is 2.06. The lowest BCUT2D eigenvalue weighted by Gasteiger charge is -1.90. The minimum absolute atomic E-state index is 0.152. The average Bonchev–Trinajstić information content (AvgIpc) is 2.14. The van der Waals surface area contributed by atoms with Crippen molar-refractivity contribution in [2.75, 3.05) is 0 Å². The molecule has 0 saturated heterocycles. The molecule has 0 amide bonds. The van der Waals surface area contributed by atoms with Gasteiger partial charge in [0.1, 0.15) is 0 Å². The summed E-state index contributed by atoms with van der Waals surface area (Å²) in [5, 5.41) is 7.44. The summed E-state index contributed by atoms with van der Waals surface area (Å²) in [7, 11) is 0. The second kappa shape index (κ2) is 2.47.